The van der Waals surface area contributed by atoms with Crippen molar-refractivity contribution < 1.29 is 9.90 Å². The SMILES string of the molecule is Cc1ccc(-c2cc(C(=O)O)ccc2Cl)cc1C. The van der Waals surface area contributed by atoms with Crippen molar-refractivity contribution >= 4 is 17.6 Å². The van der Waals surface area contributed by atoms with Gasteiger partial charge < -0.3 is 5.11 Å². The topological polar surface area (TPSA) is 37.3 Å². The van der Waals surface area contributed by atoms with Crippen molar-refractivity contribution in [2.75, 3.05) is 0 Å². The van der Waals surface area contributed by atoms with Crippen LogP contribution in [0.1, 0.15) is 21.5 Å². The first-order valence-corrected chi connectivity index (χ1v) is 5.97. The van der Waals surface area contributed by atoms with E-state index in [0.717, 1.165) is 16.7 Å². The molecule has 0 aliphatic carbocycles. The number of carboxylic acids is 1. The van der Waals surface area contributed by atoms with Gasteiger partial charge in [0.05, 0.1) is 5.56 Å². The van der Waals surface area contributed by atoms with Crippen LogP contribution in [0, 0.1) is 13.8 Å². The Labute approximate surface area is 111 Å². The maximum atomic E-state index is 11.0. The molecule has 0 aliphatic heterocycles. The van der Waals surface area contributed by atoms with E-state index in [-0.39, 0.29) is 5.56 Å². The van der Waals surface area contributed by atoms with Crippen LogP contribution in [0.25, 0.3) is 11.1 Å². The predicted octanol–water partition coefficient (Wildman–Crippen LogP) is 4.32. The van der Waals surface area contributed by atoms with Crippen LogP contribution in [-0.4, -0.2) is 11.1 Å². The number of carbonyl (C=O) groups is 1. The van der Waals surface area contributed by atoms with Crippen LogP contribution in [0.3, 0.4) is 0 Å². The lowest BCUT2D eigenvalue weighted by molar-refractivity contribution is 0.0697. The lowest BCUT2D eigenvalue weighted by Crippen LogP contribution is -1.96. The Hall–Kier alpha value is -1.80. The molecule has 92 valence electrons. The zero-order valence-corrected chi connectivity index (χ0v) is 11.0. The molecule has 2 nitrogen and oxygen atoms in total. The van der Waals surface area contributed by atoms with Gasteiger partial charge in [-0.1, -0.05) is 29.8 Å². The van der Waals surface area contributed by atoms with Gasteiger partial charge in [0.1, 0.15) is 0 Å². The number of halogens is 1. The summed E-state index contributed by atoms with van der Waals surface area (Å²) in [4.78, 5) is 11.0. The molecular formula is C15H13ClO2. The number of rotatable bonds is 2. The Bertz CT molecular complexity index is 618. The Morgan fingerprint density at radius 1 is 1.06 bits per heavy atom. The molecule has 0 fully saturated rings. The van der Waals surface area contributed by atoms with E-state index in [1.54, 1.807) is 12.1 Å². The lowest BCUT2D eigenvalue weighted by atomic mass is 9.99. The minimum Gasteiger partial charge on any atom is -0.478 e. The molecule has 2 aromatic rings. The lowest BCUT2D eigenvalue weighted by Gasteiger charge is -2.08. The number of hydrogen-bond acceptors (Lipinski definition) is 1. The summed E-state index contributed by atoms with van der Waals surface area (Å²) in [6.45, 7) is 4.06. The zero-order valence-electron chi connectivity index (χ0n) is 10.2. The van der Waals surface area contributed by atoms with E-state index in [4.69, 9.17) is 16.7 Å². The van der Waals surface area contributed by atoms with E-state index in [9.17, 15) is 4.79 Å². The van der Waals surface area contributed by atoms with Crippen LogP contribution in [-0.2, 0) is 0 Å². The normalized spacial score (nSPS) is 10.4. The van der Waals surface area contributed by atoms with E-state index >= 15 is 0 Å². The summed E-state index contributed by atoms with van der Waals surface area (Å²) in [5, 5.41) is 9.56. The van der Waals surface area contributed by atoms with Gasteiger partial charge in [-0.15, -0.1) is 0 Å². The second-order valence-electron chi connectivity index (χ2n) is 4.30. The molecule has 0 unspecified atom stereocenters. The highest BCUT2D eigenvalue weighted by atomic mass is 35.5. The highest BCUT2D eigenvalue weighted by molar-refractivity contribution is 6.33. The molecule has 0 heterocycles. The molecular weight excluding hydrogens is 248 g/mol. The third-order valence-corrected chi connectivity index (χ3v) is 3.36. The van der Waals surface area contributed by atoms with Gasteiger partial charge in [0.25, 0.3) is 0 Å². The Kier molecular flexibility index (Phi) is 3.39. The molecule has 0 bridgehead atoms. The summed E-state index contributed by atoms with van der Waals surface area (Å²) >= 11 is 6.13. The van der Waals surface area contributed by atoms with Gasteiger partial charge in [0.2, 0.25) is 0 Å². The van der Waals surface area contributed by atoms with Crippen molar-refractivity contribution in [3.63, 3.8) is 0 Å². The van der Waals surface area contributed by atoms with Crippen molar-refractivity contribution in [3.8, 4) is 11.1 Å². The molecule has 0 atom stereocenters. The van der Waals surface area contributed by atoms with Gasteiger partial charge >= 0.3 is 5.97 Å². The third kappa shape index (κ3) is 2.39. The van der Waals surface area contributed by atoms with Crippen LogP contribution < -0.4 is 0 Å². The number of aromatic carboxylic acids is 1. The van der Waals surface area contributed by atoms with Gasteiger partial charge in [-0.25, -0.2) is 4.79 Å². The largest absolute Gasteiger partial charge is 0.478 e. The second-order valence-corrected chi connectivity index (χ2v) is 4.71. The fraction of sp³-hybridized carbons (Fsp3) is 0.133. The summed E-state index contributed by atoms with van der Waals surface area (Å²) in [5.41, 5.74) is 4.28. The van der Waals surface area contributed by atoms with Gasteiger partial charge in [-0.05, 0) is 48.7 Å². The van der Waals surface area contributed by atoms with Crippen LogP contribution in [0.2, 0.25) is 5.02 Å². The highest BCUT2D eigenvalue weighted by Crippen LogP contribution is 2.30. The maximum Gasteiger partial charge on any atom is 0.335 e. The van der Waals surface area contributed by atoms with E-state index in [1.807, 2.05) is 32.0 Å². The number of hydrogen-bond donors (Lipinski definition) is 1. The van der Waals surface area contributed by atoms with Crippen molar-refractivity contribution in [1.29, 1.82) is 0 Å². The zero-order chi connectivity index (χ0) is 13.3. The van der Waals surface area contributed by atoms with Crippen molar-refractivity contribution in [1.82, 2.24) is 0 Å². The molecule has 0 spiro atoms. The van der Waals surface area contributed by atoms with Gasteiger partial charge in [-0.3, -0.25) is 0 Å². The van der Waals surface area contributed by atoms with E-state index in [2.05, 4.69) is 0 Å². The Morgan fingerprint density at radius 2 is 1.78 bits per heavy atom. The molecule has 0 aliphatic rings. The molecule has 0 saturated carbocycles. The van der Waals surface area contributed by atoms with Gasteiger partial charge in [0, 0.05) is 10.6 Å². The van der Waals surface area contributed by atoms with Crippen LogP contribution in [0.5, 0.6) is 0 Å². The molecule has 3 heteroatoms. The van der Waals surface area contributed by atoms with Crippen molar-refractivity contribution in [2.45, 2.75) is 13.8 Å². The van der Waals surface area contributed by atoms with E-state index in [0.29, 0.717) is 5.02 Å². The third-order valence-electron chi connectivity index (χ3n) is 3.03. The van der Waals surface area contributed by atoms with Crippen molar-refractivity contribution in [2.24, 2.45) is 0 Å². The molecule has 18 heavy (non-hydrogen) atoms. The highest BCUT2D eigenvalue weighted by Gasteiger charge is 2.09. The smallest absolute Gasteiger partial charge is 0.335 e. The first kappa shape index (κ1) is 12.7. The number of aryl methyl sites for hydroxylation is 2. The first-order chi connectivity index (χ1) is 8.49. The summed E-state index contributed by atoms with van der Waals surface area (Å²) in [6, 6.07) is 10.7. The van der Waals surface area contributed by atoms with Crippen LogP contribution >= 0.6 is 11.6 Å². The van der Waals surface area contributed by atoms with E-state index < -0.39 is 5.97 Å². The second kappa shape index (κ2) is 4.83. The monoisotopic (exact) mass is 260 g/mol. The predicted molar refractivity (Wildman–Crippen MR) is 73.3 cm³/mol. The van der Waals surface area contributed by atoms with Crippen molar-refractivity contribution in [3.05, 3.63) is 58.1 Å². The average molecular weight is 261 g/mol. The molecule has 1 N–H and O–H groups in total. The summed E-state index contributed by atoms with van der Waals surface area (Å²) in [5.74, 6) is -0.947. The number of carboxylic acid groups (broad SMARTS) is 1. The minimum absolute atomic E-state index is 0.243. The Morgan fingerprint density at radius 3 is 2.39 bits per heavy atom. The molecule has 2 aromatic carbocycles. The minimum atomic E-state index is -0.947. The molecule has 0 radical (unpaired) electrons. The summed E-state index contributed by atoms with van der Waals surface area (Å²) in [7, 11) is 0. The quantitative estimate of drug-likeness (QED) is 0.873. The maximum absolute atomic E-state index is 11.0. The summed E-state index contributed by atoms with van der Waals surface area (Å²) in [6.07, 6.45) is 0. The van der Waals surface area contributed by atoms with Gasteiger partial charge in [0.15, 0.2) is 0 Å². The Balaban J connectivity index is 2.58. The molecule has 0 amide bonds. The first-order valence-electron chi connectivity index (χ1n) is 5.59. The molecule has 2 rings (SSSR count). The van der Waals surface area contributed by atoms with Crippen LogP contribution in [0.4, 0.5) is 0 Å². The van der Waals surface area contributed by atoms with Crippen LogP contribution in [0.15, 0.2) is 36.4 Å². The molecule has 0 aromatic heterocycles. The summed E-state index contributed by atoms with van der Waals surface area (Å²) < 4.78 is 0. The van der Waals surface area contributed by atoms with E-state index in [1.165, 1.54) is 11.6 Å². The fourth-order valence-electron chi connectivity index (χ4n) is 1.79. The fourth-order valence-corrected chi connectivity index (χ4v) is 2.02. The number of benzene rings is 2. The average Bonchev–Trinajstić information content (AvgIpc) is 2.33. The van der Waals surface area contributed by atoms with Gasteiger partial charge in [-0.2, -0.15) is 0 Å². The standard InChI is InChI=1S/C15H13ClO2/c1-9-3-4-11(7-10(9)2)13-8-12(15(17)18)5-6-14(13)16/h3-8H,1-2H3,(H,17,18). The molecule has 0 saturated heterocycles.